The van der Waals surface area contributed by atoms with Crippen molar-refractivity contribution < 1.29 is 4.79 Å². The van der Waals surface area contributed by atoms with Crippen LogP contribution in [0.3, 0.4) is 0 Å². The number of carbonyl (C=O) groups is 1. The third kappa shape index (κ3) is 3.41. The van der Waals surface area contributed by atoms with Gasteiger partial charge in [-0.1, -0.05) is 26.7 Å². The fourth-order valence-corrected chi connectivity index (χ4v) is 2.26. The third-order valence-electron chi connectivity index (χ3n) is 3.18. The monoisotopic (exact) mass is 197 g/mol. The lowest BCUT2D eigenvalue weighted by Gasteiger charge is -2.20. The van der Waals surface area contributed by atoms with Crippen LogP contribution in [0.2, 0.25) is 0 Å². The molecule has 0 bridgehead atoms. The molecule has 82 valence electrons. The Morgan fingerprint density at radius 2 is 1.93 bits per heavy atom. The number of likely N-dealkylation sites (N-methyl/N-ethyl adjacent to an activating group) is 1. The molecule has 2 heteroatoms. The normalized spacial score (nSPS) is 17.9. The van der Waals surface area contributed by atoms with Gasteiger partial charge in [0, 0.05) is 5.92 Å². The van der Waals surface area contributed by atoms with Gasteiger partial charge in [0.2, 0.25) is 0 Å². The Hall–Kier alpha value is -0.370. The minimum Gasteiger partial charge on any atom is -0.298 e. The zero-order valence-electron chi connectivity index (χ0n) is 9.59. The second kappa shape index (κ2) is 6.18. The molecule has 1 aliphatic rings. The predicted molar refractivity (Wildman–Crippen MR) is 59.4 cm³/mol. The first-order valence-electron chi connectivity index (χ1n) is 6.03. The molecule has 0 spiro atoms. The molecular formula is C12H23NO. The number of ketones is 1. The van der Waals surface area contributed by atoms with Gasteiger partial charge in [0.25, 0.3) is 0 Å². The van der Waals surface area contributed by atoms with Crippen LogP contribution in [0.4, 0.5) is 0 Å². The Morgan fingerprint density at radius 3 is 2.43 bits per heavy atom. The molecule has 0 radical (unpaired) electrons. The molecule has 0 aromatic heterocycles. The molecule has 0 heterocycles. The van der Waals surface area contributed by atoms with E-state index >= 15 is 0 Å². The van der Waals surface area contributed by atoms with Crippen LogP contribution in [0, 0.1) is 5.92 Å². The van der Waals surface area contributed by atoms with E-state index in [1.807, 2.05) is 0 Å². The lowest BCUT2D eigenvalue weighted by molar-refractivity contribution is -0.123. The number of nitrogens with zero attached hydrogens (tertiary/aromatic N) is 1. The molecule has 1 rings (SSSR count). The van der Waals surface area contributed by atoms with Gasteiger partial charge >= 0.3 is 0 Å². The first-order valence-corrected chi connectivity index (χ1v) is 6.03. The Morgan fingerprint density at radius 1 is 1.29 bits per heavy atom. The largest absolute Gasteiger partial charge is 0.298 e. The topological polar surface area (TPSA) is 20.3 Å². The fourth-order valence-electron chi connectivity index (χ4n) is 2.26. The molecule has 0 aromatic rings. The summed E-state index contributed by atoms with van der Waals surface area (Å²) >= 11 is 0. The molecular weight excluding hydrogens is 174 g/mol. The van der Waals surface area contributed by atoms with Crippen molar-refractivity contribution in [2.75, 3.05) is 19.6 Å². The Balaban J connectivity index is 2.29. The van der Waals surface area contributed by atoms with Gasteiger partial charge in [-0.3, -0.25) is 9.69 Å². The standard InChI is InChI=1S/C12H23NO/c1-3-9-13(4-2)10-12(14)11-7-5-6-8-11/h11H,3-10H2,1-2H3. The van der Waals surface area contributed by atoms with E-state index < -0.39 is 0 Å². The Labute approximate surface area is 87.7 Å². The number of hydrogen-bond acceptors (Lipinski definition) is 2. The maximum Gasteiger partial charge on any atom is 0.149 e. The van der Waals surface area contributed by atoms with Gasteiger partial charge in [0.05, 0.1) is 6.54 Å². The van der Waals surface area contributed by atoms with Crippen LogP contribution in [-0.4, -0.2) is 30.3 Å². The number of rotatable bonds is 6. The lowest BCUT2D eigenvalue weighted by Crippen LogP contribution is -2.33. The quantitative estimate of drug-likeness (QED) is 0.652. The van der Waals surface area contributed by atoms with Crippen molar-refractivity contribution in [3.8, 4) is 0 Å². The highest BCUT2D eigenvalue weighted by atomic mass is 16.1. The molecule has 0 aliphatic heterocycles. The molecule has 0 amide bonds. The molecule has 1 aliphatic carbocycles. The van der Waals surface area contributed by atoms with E-state index in [0.29, 0.717) is 18.2 Å². The highest BCUT2D eigenvalue weighted by Gasteiger charge is 2.23. The van der Waals surface area contributed by atoms with E-state index in [-0.39, 0.29) is 0 Å². The van der Waals surface area contributed by atoms with Crippen molar-refractivity contribution in [2.24, 2.45) is 5.92 Å². The first-order chi connectivity index (χ1) is 6.77. The van der Waals surface area contributed by atoms with Crippen molar-refractivity contribution in [1.82, 2.24) is 4.90 Å². The summed E-state index contributed by atoms with van der Waals surface area (Å²) in [5, 5.41) is 0. The summed E-state index contributed by atoms with van der Waals surface area (Å²) in [6.07, 6.45) is 5.95. The van der Waals surface area contributed by atoms with E-state index in [1.54, 1.807) is 0 Å². The van der Waals surface area contributed by atoms with E-state index in [2.05, 4.69) is 18.7 Å². The minimum atomic E-state index is 0.390. The van der Waals surface area contributed by atoms with Gasteiger partial charge in [-0.2, -0.15) is 0 Å². The van der Waals surface area contributed by atoms with Gasteiger partial charge in [0.15, 0.2) is 0 Å². The van der Waals surface area contributed by atoms with Crippen LogP contribution in [-0.2, 0) is 4.79 Å². The summed E-state index contributed by atoms with van der Waals surface area (Å²) < 4.78 is 0. The van der Waals surface area contributed by atoms with E-state index in [4.69, 9.17) is 0 Å². The van der Waals surface area contributed by atoms with Gasteiger partial charge in [0.1, 0.15) is 5.78 Å². The van der Waals surface area contributed by atoms with E-state index in [1.165, 1.54) is 12.8 Å². The summed E-state index contributed by atoms with van der Waals surface area (Å²) in [6, 6.07) is 0. The van der Waals surface area contributed by atoms with Gasteiger partial charge in [-0.25, -0.2) is 0 Å². The lowest BCUT2D eigenvalue weighted by atomic mass is 10.0. The number of Topliss-reactive ketones (excluding diaryl/α,β-unsaturated/α-hetero) is 1. The molecule has 14 heavy (non-hydrogen) atoms. The SMILES string of the molecule is CCCN(CC)CC(=O)C1CCCC1. The molecule has 0 N–H and O–H groups in total. The molecule has 1 fully saturated rings. The van der Waals surface area contributed by atoms with E-state index in [9.17, 15) is 4.79 Å². The molecule has 2 nitrogen and oxygen atoms in total. The summed E-state index contributed by atoms with van der Waals surface area (Å²) in [4.78, 5) is 14.1. The van der Waals surface area contributed by atoms with Crippen LogP contribution in [0.1, 0.15) is 46.0 Å². The molecule has 0 aromatic carbocycles. The summed E-state index contributed by atoms with van der Waals surface area (Å²) in [5.74, 6) is 0.874. The Bertz CT molecular complexity index is 173. The zero-order valence-corrected chi connectivity index (χ0v) is 9.59. The van der Waals surface area contributed by atoms with Gasteiger partial charge in [-0.05, 0) is 32.4 Å². The van der Waals surface area contributed by atoms with Crippen molar-refractivity contribution in [3.63, 3.8) is 0 Å². The van der Waals surface area contributed by atoms with Crippen LogP contribution < -0.4 is 0 Å². The highest BCUT2D eigenvalue weighted by molar-refractivity contribution is 5.83. The van der Waals surface area contributed by atoms with Gasteiger partial charge in [-0.15, -0.1) is 0 Å². The van der Waals surface area contributed by atoms with E-state index in [0.717, 1.165) is 32.4 Å². The minimum absolute atomic E-state index is 0.390. The molecule has 1 saturated carbocycles. The average molecular weight is 197 g/mol. The maximum absolute atomic E-state index is 11.8. The maximum atomic E-state index is 11.8. The highest BCUT2D eigenvalue weighted by Crippen LogP contribution is 2.25. The predicted octanol–water partition coefficient (Wildman–Crippen LogP) is 2.48. The van der Waals surface area contributed by atoms with Crippen LogP contribution >= 0.6 is 0 Å². The van der Waals surface area contributed by atoms with Crippen LogP contribution in [0.5, 0.6) is 0 Å². The summed E-state index contributed by atoms with van der Waals surface area (Å²) in [6.45, 7) is 7.07. The molecule has 0 saturated heterocycles. The second-order valence-electron chi connectivity index (χ2n) is 4.32. The van der Waals surface area contributed by atoms with Crippen LogP contribution in [0.15, 0.2) is 0 Å². The summed E-state index contributed by atoms with van der Waals surface area (Å²) in [7, 11) is 0. The van der Waals surface area contributed by atoms with Crippen molar-refractivity contribution in [3.05, 3.63) is 0 Å². The molecule has 0 atom stereocenters. The Kier molecular flexibility index (Phi) is 5.16. The molecule has 0 unspecified atom stereocenters. The fraction of sp³-hybridized carbons (Fsp3) is 0.917. The van der Waals surface area contributed by atoms with Crippen molar-refractivity contribution in [1.29, 1.82) is 0 Å². The number of hydrogen-bond donors (Lipinski definition) is 0. The van der Waals surface area contributed by atoms with Gasteiger partial charge < -0.3 is 0 Å². The third-order valence-corrected chi connectivity index (χ3v) is 3.18. The summed E-state index contributed by atoms with van der Waals surface area (Å²) in [5.41, 5.74) is 0. The van der Waals surface area contributed by atoms with Crippen molar-refractivity contribution in [2.45, 2.75) is 46.0 Å². The smallest absolute Gasteiger partial charge is 0.149 e. The average Bonchev–Trinajstić information content (AvgIpc) is 2.69. The van der Waals surface area contributed by atoms with Crippen LogP contribution in [0.25, 0.3) is 0 Å². The van der Waals surface area contributed by atoms with Crippen molar-refractivity contribution >= 4 is 5.78 Å². The first kappa shape index (κ1) is 11.7. The second-order valence-corrected chi connectivity index (χ2v) is 4.32. The zero-order chi connectivity index (χ0) is 10.4. The number of carbonyl (C=O) groups excluding carboxylic acids is 1.